The minimum Gasteiger partial charge on any atom is -0.297 e. The fourth-order valence-corrected chi connectivity index (χ4v) is 1.23. The number of carbonyl (C=O) groups excluding carboxylic acids is 1. The summed E-state index contributed by atoms with van der Waals surface area (Å²) in [7, 11) is 1.93. The summed E-state index contributed by atoms with van der Waals surface area (Å²) < 4.78 is 0. The Balaban J connectivity index is 3.09. The van der Waals surface area contributed by atoms with Gasteiger partial charge in [-0.15, -0.1) is 11.3 Å². The van der Waals surface area contributed by atoms with Crippen LogP contribution in [0.3, 0.4) is 0 Å². The highest BCUT2D eigenvalue weighted by Crippen LogP contribution is 1.99. The van der Waals surface area contributed by atoms with Crippen LogP contribution >= 0.6 is 11.3 Å². The van der Waals surface area contributed by atoms with Gasteiger partial charge < -0.3 is 0 Å². The molecule has 1 heterocycles. The number of rotatable bonds is 1. The molecule has 0 bridgehead atoms. The molecule has 0 saturated carbocycles. The van der Waals surface area contributed by atoms with Gasteiger partial charge >= 0.3 is 0 Å². The van der Waals surface area contributed by atoms with Gasteiger partial charge in [-0.2, -0.15) is 0 Å². The van der Waals surface area contributed by atoms with E-state index in [4.69, 9.17) is 0 Å². The van der Waals surface area contributed by atoms with Crippen LogP contribution in [0.2, 0.25) is 0 Å². The normalized spacial score (nSPS) is 9.00. The standard InChI is InChI=1S/C5H5BOS/c6-4-1-2-8-5(4)3-7/h1-3H,6H2. The van der Waals surface area contributed by atoms with Gasteiger partial charge in [0.05, 0.1) is 4.88 Å². The van der Waals surface area contributed by atoms with Gasteiger partial charge in [0.15, 0.2) is 6.29 Å². The van der Waals surface area contributed by atoms with E-state index in [1.807, 2.05) is 19.3 Å². The summed E-state index contributed by atoms with van der Waals surface area (Å²) in [5.74, 6) is 0. The third-order valence-electron chi connectivity index (χ3n) is 1.01. The molecule has 0 radical (unpaired) electrons. The first-order chi connectivity index (χ1) is 3.84. The molecule has 0 N–H and O–H groups in total. The Hall–Kier alpha value is -0.565. The van der Waals surface area contributed by atoms with E-state index in [2.05, 4.69) is 0 Å². The predicted molar refractivity (Wildman–Crippen MR) is 37.9 cm³/mol. The predicted octanol–water partition coefficient (Wildman–Crippen LogP) is -0.181. The molecule has 0 amide bonds. The van der Waals surface area contributed by atoms with Gasteiger partial charge in [-0.3, -0.25) is 4.79 Å². The van der Waals surface area contributed by atoms with Crippen LogP contribution in [-0.4, -0.2) is 14.1 Å². The Morgan fingerprint density at radius 2 is 2.50 bits per heavy atom. The SMILES string of the molecule is Bc1ccsc1C=O. The summed E-state index contributed by atoms with van der Waals surface area (Å²) in [5, 5.41) is 1.92. The van der Waals surface area contributed by atoms with Crippen LogP contribution in [0.25, 0.3) is 0 Å². The van der Waals surface area contributed by atoms with Gasteiger partial charge in [0.25, 0.3) is 0 Å². The lowest BCUT2D eigenvalue weighted by Gasteiger charge is -1.79. The molecule has 0 aliphatic carbocycles. The quantitative estimate of drug-likeness (QED) is 0.375. The van der Waals surface area contributed by atoms with Crippen molar-refractivity contribution in [3.05, 3.63) is 16.3 Å². The lowest BCUT2D eigenvalue weighted by Crippen LogP contribution is -2.01. The van der Waals surface area contributed by atoms with Crippen molar-refractivity contribution in [2.45, 2.75) is 0 Å². The highest BCUT2D eigenvalue weighted by Gasteiger charge is 1.93. The molecule has 3 heteroatoms. The molecule has 0 unspecified atom stereocenters. The van der Waals surface area contributed by atoms with Gasteiger partial charge in [0.2, 0.25) is 0 Å². The van der Waals surface area contributed by atoms with Gasteiger partial charge in [-0.05, 0) is 5.38 Å². The molecule has 0 fully saturated rings. The van der Waals surface area contributed by atoms with Crippen LogP contribution in [0.15, 0.2) is 11.4 Å². The number of aldehydes is 1. The minimum atomic E-state index is 0.838. The first kappa shape index (κ1) is 5.57. The topological polar surface area (TPSA) is 17.1 Å². The third kappa shape index (κ3) is 0.818. The van der Waals surface area contributed by atoms with E-state index in [0.29, 0.717) is 0 Å². The Kier molecular flexibility index (Phi) is 1.49. The molecule has 0 spiro atoms. The number of hydrogen-bond donors (Lipinski definition) is 0. The molecule has 8 heavy (non-hydrogen) atoms. The van der Waals surface area contributed by atoms with Gasteiger partial charge in [-0.1, -0.05) is 11.5 Å². The van der Waals surface area contributed by atoms with Crippen molar-refractivity contribution in [3.8, 4) is 0 Å². The van der Waals surface area contributed by atoms with E-state index in [1.54, 1.807) is 0 Å². The average molecular weight is 124 g/mol. The Morgan fingerprint density at radius 1 is 1.75 bits per heavy atom. The van der Waals surface area contributed by atoms with Gasteiger partial charge in [-0.25, -0.2) is 0 Å². The number of thiophene rings is 1. The molecular weight excluding hydrogens is 119 g/mol. The summed E-state index contributed by atoms with van der Waals surface area (Å²) in [6.45, 7) is 0. The zero-order valence-electron chi connectivity index (χ0n) is 4.55. The largest absolute Gasteiger partial charge is 0.297 e. The van der Waals surface area contributed by atoms with Crippen molar-refractivity contribution in [2.24, 2.45) is 0 Å². The number of carbonyl (C=O) groups is 1. The Morgan fingerprint density at radius 3 is 2.75 bits per heavy atom. The Labute approximate surface area is 52.8 Å². The summed E-state index contributed by atoms with van der Waals surface area (Å²) >= 11 is 1.48. The molecule has 0 atom stereocenters. The van der Waals surface area contributed by atoms with E-state index >= 15 is 0 Å². The summed E-state index contributed by atoms with van der Waals surface area (Å²) in [4.78, 5) is 10.9. The maximum absolute atomic E-state index is 10.1. The molecule has 0 aromatic carbocycles. The third-order valence-corrected chi connectivity index (χ3v) is 1.95. The molecule has 1 aromatic rings. The second kappa shape index (κ2) is 2.14. The van der Waals surface area contributed by atoms with E-state index in [0.717, 1.165) is 16.6 Å². The van der Waals surface area contributed by atoms with Crippen LogP contribution in [0.5, 0.6) is 0 Å². The molecule has 1 aromatic heterocycles. The smallest absolute Gasteiger partial charge is 0.159 e. The number of hydrogen-bond acceptors (Lipinski definition) is 2. The second-order valence-electron chi connectivity index (χ2n) is 1.59. The summed E-state index contributed by atoms with van der Waals surface area (Å²) in [5.41, 5.74) is 1.07. The highest BCUT2D eigenvalue weighted by molar-refractivity contribution is 7.12. The van der Waals surface area contributed by atoms with Gasteiger partial charge in [0.1, 0.15) is 7.85 Å². The van der Waals surface area contributed by atoms with E-state index in [-0.39, 0.29) is 0 Å². The second-order valence-corrected chi connectivity index (χ2v) is 2.53. The van der Waals surface area contributed by atoms with E-state index in [1.165, 1.54) is 11.3 Å². The van der Waals surface area contributed by atoms with Crippen LogP contribution in [0, 0.1) is 0 Å². The van der Waals surface area contributed by atoms with Crippen LogP contribution in [0.4, 0.5) is 0 Å². The van der Waals surface area contributed by atoms with E-state index < -0.39 is 0 Å². The van der Waals surface area contributed by atoms with Gasteiger partial charge in [0, 0.05) is 0 Å². The van der Waals surface area contributed by atoms with Crippen LogP contribution in [0.1, 0.15) is 9.67 Å². The Bertz CT molecular complexity index is 194. The monoisotopic (exact) mass is 124 g/mol. The molecular formula is C5H5BOS. The van der Waals surface area contributed by atoms with Crippen molar-refractivity contribution >= 4 is 30.9 Å². The molecule has 1 nitrogen and oxygen atoms in total. The fraction of sp³-hybridized carbons (Fsp3) is 0. The maximum Gasteiger partial charge on any atom is 0.159 e. The fourth-order valence-electron chi connectivity index (χ4n) is 0.505. The van der Waals surface area contributed by atoms with Crippen molar-refractivity contribution < 1.29 is 4.79 Å². The summed E-state index contributed by atoms with van der Waals surface area (Å²) in [6.07, 6.45) is 0.889. The first-order valence-corrected chi connectivity index (χ1v) is 3.22. The molecule has 1 rings (SSSR count). The summed E-state index contributed by atoms with van der Waals surface area (Å²) in [6, 6.07) is 1.94. The van der Waals surface area contributed by atoms with Crippen molar-refractivity contribution in [2.75, 3.05) is 0 Å². The molecule has 40 valence electrons. The lowest BCUT2D eigenvalue weighted by molar-refractivity contribution is 0.112. The average Bonchev–Trinajstić information content (AvgIpc) is 2.14. The lowest BCUT2D eigenvalue weighted by atomic mass is 9.98. The first-order valence-electron chi connectivity index (χ1n) is 2.34. The van der Waals surface area contributed by atoms with E-state index in [9.17, 15) is 4.79 Å². The van der Waals surface area contributed by atoms with Crippen LogP contribution in [-0.2, 0) is 0 Å². The van der Waals surface area contributed by atoms with Crippen molar-refractivity contribution in [3.63, 3.8) is 0 Å². The maximum atomic E-state index is 10.1. The zero-order chi connectivity index (χ0) is 5.98. The minimum absolute atomic E-state index is 0.838. The molecule has 0 aliphatic heterocycles. The van der Waals surface area contributed by atoms with Crippen molar-refractivity contribution in [1.82, 2.24) is 0 Å². The highest BCUT2D eigenvalue weighted by atomic mass is 32.1. The molecule has 0 saturated heterocycles. The molecule has 0 aliphatic rings. The zero-order valence-corrected chi connectivity index (χ0v) is 5.37. The van der Waals surface area contributed by atoms with Crippen molar-refractivity contribution in [1.29, 1.82) is 0 Å². The van der Waals surface area contributed by atoms with Crippen LogP contribution < -0.4 is 5.46 Å².